The minimum atomic E-state index is -0.0793. The fourth-order valence-corrected chi connectivity index (χ4v) is 1.41. The molecule has 1 rings (SSSR count). The predicted molar refractivity (Wildman–Crippen MR) is 58.6 cm³/mol. The van der Waals surface area contributed by atoms with Gasteiger partial charge >= 0.3 is 0 Å². The van der Waals surface area contributed by atoms with E-state index in [0.29, 0.717) is 23.4 Å². The van der Waals surface area contributed by atoms with Gasteiger partial charge in [-0.1, -0.05) is 6.92 Å². The summed E-state index contributed by atoms with van der Waals surface area (Å²) in [6.07, 6.45) is 0.669. The molecule has 0 atom stereocenters. The van der Waals surface area contributed by atoms with Gasteiger partial charge in [0.2, 0.25) is 5.95 Å². The number of nitrogens with two attached hydrogens (primary N) is 1. The molecule has 5 nitrogen and oxygen atoms in total. The largest absolute Gasteiger partial charge is 0.368 e. The molecule has 1 heterocycles. The van der Waals surface area contributed by atoms with Gasteiger partial charge in [0.25, 0.3) is 5.91 Å². The molecule has 0 fully saturated rings. The molecule has 0 bridgehead atoms. The van der Waals surface area contributed by atoms with Gasteiger partial charge in [-0.15, -0.1) is 0 Å². The predicted octanol–water partition coefficient (Wildman–Crippen LogP) is 0.631. The molecule has 1 amide bonds. The smallest absolute Gasteiger partial charge is 0.257 e. The molecule has 0 spiro atoms. The maximum atomic E-state index is 11.9. The third kappa shape index (κ3) is 2.23. The summed E-state index contributed by atoms with van der Waals surface area (Å²) >= 11 is 0. The number of hydrogen-bond acceptors (Lipinski definition) is 4. The Bertz CT molecular complexity index is 387. The lowest BCUT2D eigenvalue weighted by atomic mass is 10.1. The van der Waals surface area contributed by atoms with E-state index in [1.165, 1.54) is 4.90 Å². The third-order valence-corrected chi connectivity index (χ3v) is 2.14. The van der Waals surface area contributed by atoms with E-state index in [1.54, 1.807) is 21.0 Å². The zero-order valence-electron chi connectivity index (χ0n) is 9.53. The SMILES string of the molecule is CCc1nc(N)nc(C)c1C(=O)N(C)C. The van der Waals surface area contributed by atoms with E-state index in [9.17, 15) is 4.79 Å². The first-order valence-electron chi connectivity index (χ1n) is 4.82. The highest BCUT2D eigenvalue weighted by Gasteiger charge is 2.18. The normalized spacial score (nSPS) is 10.1. The number of amides is 1. The van der Waals surface area contributed by atoms with Gasteiger partial charge in [-0.2, -0.15) is 0 Å². The fraction of sp³-hybridized carbons (Fsp3) is 0.500. The molecule has 0 radical (unpaired) electrons. The van der Waals surface area contributed by atoms with Crippen LogP contribution in [0.1, 0.15) is 28.7 Å². The topological polar surface area (TPSA) is 72.1 Å². The van der Waals surface area contributed by atoms with Gasteiger partial charge in [0.1, 0.15) is 0 Å². The van der Waals surface area contributed by atoms with Crippen molar-refractivity contribution < 1.29 is 4.79 Å². The number of nitrogens with zero attached hydrogens (tertiary/aromatic N) is 3. The van der Waals surface area contributed by atoms with Crippen molar-refractivity contribution in [3.05, 3.63) is 17.0 Å². The van der Waals surface area contributed by atoms with Crippen LogP contribution in [-0.4, -0.2) is 34.9 Å². The maximum Gasteiger partial charge on any atom is 0.257 e. The number of carbonyl (C=O) groups is 1. The maximum absolute atomic E-state index is 11.9. The van der Waals surface area contributed by atoms with E-state index in [2.05, 4.69) is 9.97 Å². The Morgan fingerprint density at radius 2 is 2.00 bits per heavy atom. The Balaban J connectivity index is 3.33. The number of rotatable bonds is 2. The van der Waals surface area contributed by atoms with Crippen molar-refractivity contribution in [3.63, 3.8) is 0 Å². The first-order chi connectivity index (χ1) is 6.97. The molecule has 0 aliphatic carbocycles. The molecule has 15 heavy (non-hydrogen) atoms. The Morgan fingerprint density at radius 1 is 1.40 bits per heavy atom. The summed E-state index contributed by atoms with van der Waals surface area (Å²) < 4.78 is 0. The Hall–Kier alpha value is -1.65. The average molecular weight is 208 g/mol. The van der Waals surface area contributed by atoms with Crippen molar-refractivity contribution in [1.29, 1.82) is 0 Å². The van der Waals surface area contributed by atoms with Crippen molar-refractivity contribution in [1.82, 2.24) is 14.9 Å². The summed E-state index contributed by atoms with van der Waals surface area (Å²) in [6.45, 7) is 3.71. The molecule has 0 aliphatic heterocycles. The summed E-state index contributed by atoms with van der Waals surface area (Å²) in [5, 5.41) is 0. The van der Waals surface area contributed by atoms with Crippen LogP contribution in [0.5, 0.6) is 0 Å². The molecule has 0 saturated carbocycles. The minimum absolute atomic E-state index is 0.0793. The number of carbonyl (C=O) groups excluding carboxylic acids is 1. The van der Waals surface area contributed by atoms with E-state index in [-0.39, 0.29) is 11.9 Å². The van der Waals surface area contributed by atoms with E-state index >= 15 is 0 Å². The van der Waals surface area contributed by atoms with Crippen molar-refractivity contribution in [3.8, 4) is 0 Å². The van der Waals surface area contributed by atoms with Gasteiger partial charge < -0.3 is 10.6 Å². The molecule has 82 valence electrons. The van der Waals surface area contributed by atoms with Crippen LogP contribution in [0.15, 0.2) is 0 Å². The van der Waals surface area contributed by atoms with Gasteiger partial charge in [-0.3, -0.25) is 4.79 Å². The lowest BCUT2D eigenvalue weighted by molar-refractivity contribution is 0.0825. The first-order valence-corrected chi connectivity index (χ1v) is 4.82. The summed E-state index contributed by atoms with van der Waals surface area (Å²) in [4.78, 5) is 21.5. The zero-order chi connectivity index (χ0) is 11.6. The second kappa shape index (κ2) is 4.25. The molecular weight excluding hydrogens is 192 g/mol. The highest BCUT2D eigenvalue weighted by atomic mass is 16.2. The van der Waals surface area contributed by atoms with Crippen LogP contribution < -0.4 is 5.73 Å². The molecule has 2 N–H and O–H groups in total. The van der Waals surface area contributed by atoms with E-state index < -0.39 is 0 Å². The second-order valence-electron chi connectivity index (χ2n) is 3.54. The summed E-state index contributed by atoms with van der Waals surface area (Å²) in [5.41, 5.74) is 7.44. The van der Waals surface area contributed by atoms with Gasteiger partial charge in [-0.25, -0.2) is 9.97 Å². The monoisotopic (exact) mass is 208 g/mol. The molecule has 1 aromatic rings. The van der Waals surface area contributed by atoms with Crippen LogP contribution in [0.2, 0.25) is 0 Å². The minimum Gasteiger partial charge on any atom is -0.368 e. The number of aryl methyl sites for hydroxylation is 2. The van der Waals surface area contributed by atoms with Crippen LogP contribution in [0.3, 0.4) is 0 Å². The number of anilines is 1. The molecule has 5 heteroatoms. The quantitative estimate of drug-likeness (QED) is 0.773. The van der Waals surface area contributed by atoms with Crippen LogP contribution in [-0.2, 0) is 6.42 Å². The zero-order valence-corrected chi connectivity index (χ0v) is 9.53. The van der Waals surface area contributed by atoms with Crippen LogP contribution in [0, 0.1) is 6.92 Å². The van der Waals surface area contributed by atoms with E-state index in [1.807, 2.05) is 6.92 Å². The standard InChI is InChI=1S/C10H16N4O/c1-5-7-8(9(15)14(3)4)6(2)12-10(11)13-7/h5H2,1-4H3,(H2,11,12,13). The first kappa shape index (κ1) is 11.4. The molecule has 0 aliphatic rings. The number of hydrogen-bond donors (Lipinski definition) is 1. The van der Waals surface area contributed by atoms with Gasteiger partial charge in [0.15, 0.2) is 0 Å². The lowest BCUT2D eigenvalue weighted by Gasteiger charge is -2.14. The van der Waals surface area contributed by atoms with Crippen LogP contribution in [0.25, 0.3) is 0 Å². The van der Waals surface area contributed by atoms with Crippen LogP contribution in [0.4, 0.5) is 5.95 Å². The molecule has 1 aromatic heterocycles. The summed E-state index contributed by atoms with van der Waals surface area (Å²) in [7, 11) is 3.41. The van der Waals surface area contributed by atoms with Gasteiger partial charge in [0.05, 0.1) is 17.0 Å². The summed E-state index contributed by atoms with van der Waals surface area (Å²) in [5.74, 6) is 0.143. The Labute approximate surface area is 89.3 Å². The number of nitrogen functional groups attached to an aromatic ring is 1. The number of aromatic nitrogens is 2. The van der Waals surface area contributed by atoms with Crippen LogP contribution >= 0.6 is 0 Å². The molecular formula is C10H16N4O. The van der Waals surface area contributed by atoms with E-state index in [4.69, 9.17) is 5.73 Å². The third-order valence-electron chi connectivity index (χ3n) is 2.14. The molecule has 0 aromatic carbocycles. The van der Waals surface area contributed by atoms with Crippen molar-refractivity contribution in [2.24, 2.45) is 0 Å². The lowest BCUT2D eigenvalue weighted by Crippen LogP contribution is -2.25. The Morgan fingerprint density at radius 3 is 2.47 bits per heavy atom. The molecule has 0 unspecified atom stereocenters. The molecule has 0 saturated heterocycles. The van der Waals surface area contributed by atoms with E-state index in [0.717, 1.165) is 0 Å². The second-order valence-corrected chi connectivity index (χ2v) is 3.54. The van der Waals surface area contributed by atoms with Crippen molar-refractivity contribution >= 4 is 11.9 Å². The highest BCUT2D eigenvalue weighted by Crippen LogP contribution is 2.14. The Kier molecular flexibility index (Phi) is 3.24. The van der Waals surface area contributed by atoms with Crippen molar-refractivity contribution in [2.75, 3.05) is 19.8 Å². The van der Waals surface area contributed by atoms with Gasteiger partial charge in [0, 0.05) is 14.1 Å². The highest BCUT2D eigenvalue weighted by molar-refractivity contribution is 5.96. The van der Waals surface area contributed by atoms with Crippen molar-refractivity contribution in [2.45, 2.75) is 20.3 Å². The summed E-state index contributed by atoms with van der Waals surface area (Å²) in [6, 6.07) is 0. The van der Waals surface area contributed by atoms with Gasteiger partial charge in [-0.05, 0) is 13.3 Å². The fourth-order valence-electron chi connectivity index (χ4n) is 1.41. The average Bonchev–Trinajstić information content (AvgIpc) is 2.15.